The fourth-order valence-corrected chi connectivity index (χ4v) is 2.87. The SMILES string of the molecule is CCCNC(=NCC(=O)N(C)C)NCC(C)(C)C1CCCC1. The van der Waals surface area contributed by atoms with E-state index in [1.54, 1.807) is 19.0 Å². The summed E-state index contributed by atoms with van der Waals surface area (Å²) in [6.07, 6.45) is 6.43. The van der Waals surface area contributed by atoms with Gasteiger partial charge < -0.3 is 15.5 Å². The summed E-state index contributed by atoms with van der Waals surface area (Å²) >= 11 is 0. The van der Waals surface area contributed by atoms with E-state index in [2.05, 4.69) is 36.4 Å². The third-order valence-electron chi connectivity index (χ3n) is 4.59. The third-order valence-corrected chi connectivity index (χ3v) is 4.59. The number of amides is 1. The van der Waals surface area contributed by atoms with Crippen molar-refractivity contribution in [2.24, 2.45) is 16.3 Å². The molecule has 0 unspecified atom stereocenters. The molecule has 1 fully saturated rings. The van der Waals surface area contributed by atoms with Crippen LogP contribution in [0, 0.1) is 11.3 Å². The highest BCUT2D eigenvalue weighted by atomic mass is 16.2. The maximum Gasteiger partial charge on any atom is 0.243 e. The molecule has 0 bridgehead atoms. The molecular formula is C17H34N4O. The Labute approximate surface area is 135 Å². The summed E-state index contributed by atoms with van der Waals surface area (Å²) in [5.41, 5.74) is 0.261. The van der Waals surface area contributed by atoms with E-state index in [1.165, 1.54) is 25.7 Å². The van der Waals surface area contributed by atoms with Gasteiger partial charge in [-0.2, -0.15) is 0 Å². The summed E-state index contributed by atoms with van der Waals surface area (Å²) in [5.74, 6) is 1.56. The molecule has 0 aromatic rings. The highest BCUT2D eigenvalue weighted by molar-refractivity contribution is 5.84. The number of hydrogen-bond acceptors (Lipinski definition) is 2. The zero-order valence-corrected chi connectivity index (χ0v) is 15.0. The maximum atomic E-state index is 11.7. The van der Waals surface area contributed by atoms with Crippen molar-refractivity contribution in [2.75, 3.05) is 33.7 Å². The average Bonchev–Trinajstić information content (AvgIpc) is 3.01. The summed E-state index contributed by atoms with van der Waals surface area (Å²) in [6, 6.07) is 0. The Morgan fingerprint density at radius 3 is 2.41 bits per heavy atom. The van der Waals surface area contributed by atoms with Gasteiger partial charge in [0, 0.05) is 27.2 Å². The van der Waals surface area contributed by atoms with Crippen molar-refractivity contribution in [3.05, 3.63) is 0 Å². The van der Waals surface area contributed by atoms with Crippen LogP contribution in [0.4, 0.5) is 0 Å². The van der Waals surface area contributed by atoms with E-state index in [0.717, 1.165) is 31.4 Å². The zero-order valence-electron chi connectivity index (χ0n) is 15.0. The molecule has 5 heteroatoms. The number of hydrogen-bond donors (Lipinski definition) is 2. The standard InChI is InChI=1S/C17H34N4O/c1-6-11-18-16(19-12-15(22)21(4)5)20-13-17(2,3)14-9-7-8-10-14/h14H,6-13H2,1-5H3,(H2,18,19,20). The minimum Gasteiger partial charge on any atom is -0.356 e. The van der Waals surface area contributed by atoms with Crippen LogP contribution < -0.4 is 10.6 Å². The van der Waals surface area contributed by atoms with Crippen LogP contribution in [-0.2, 0) is 4.79 Å². The van der Waals surface area contributed by atoms with Crippen LogP contribution in [0.1, 0.15) is 52.9 Å². The van der Waals surface area contributed by atoms with Gasteiger partial charge in [-0.15, -0.1) is 0 Å². The summed E-state index contributed by atoms with van der Waals surface area (Å²) in [5, 5.41) is 6.73. The van der Waals surface area contributed by atoms with Gasteiger partial charge in [-0.3, -0.25) is 4.79 Å². The van der Waals surface area contributed by atoms with Gasteiger partial charge in [0.05, 0.1) is 0 Å². The van der Waals surface area contributed by atoms with E-state index in [-0.39, 0.29) is 17.9 Å². The van der Waals surface area contributed by atoms with E-state index in [9.17, 15) is 4.79 Å². The first-order chi connectivity index (χ1) is 10.4. The first-order valence-corrected chi connectivity index (χ1v) is 8.59. The number of nitrogens with zero attached hydrogens (tertiary/aromatic N) is 2. The molecule has 1 rings (SSSR count). The molecule has 0 spiro atoms. The third kappa shape index (κ3) is 6.24. The van der Waals surface area contributed by atoms with Crippen LogP contribution in [0.15, 0.2) is 4.99 Å². The normalized spacial score (nSPS) is 16.7. The molecule has 0 heterocycles. The Hall–Kier alpha value is -1.26. The van der Waals surface area contributed by atoms with Gasteiger partial charge in [-0.25, -0.2) is 4.99 Å². The van der Waals surface area contributed by atoms with Crippen LogP contribution in [0.5, 0.6) is 0 Å². The fraction of sp³-hybridized carbons (Fsp3) is 0.882. The lowest BCUT2D eigenvalue weighted by Crippen LogP contribution is -2.44. The van der Waals surface area contributed by atoms with Crippen LogP contribution in [0.25, 0.3) is 0 Å². The summed E-state index contributed by atoms with van der Waals surface area (Å²) in [7, 11) is 3.52. The van der Waals surface area contributed by atoms with Gasteiger partial charge in [0.2, 0.25) is 5.91 Å². The Balaban J connectivity index is 2.56. The second-order valence-electron chi connectivity index (χ2n) is 7.20. The van der Waals surface area contributed by atoms with Crippen molar-refractivity contribution in [3.63, 3.8) is 0 Å². The lowest BCUT2D eigenvalue weighted by molar-refractivity contribution is -0.127. The highest BCUT2D eigenvalue weighted by Gasteiger charge is 2.31. The van der Waals surface area contributed by atoms with Crippen molar-refractivity contribution < 1.29 is 4.79 Å². The van der Waals surface area contributed by atoms with Gasteiger partial charge in [0.15, 0.2) is 5.96 Å². The fourth-order valence-electron chi connectivity index (χ4n) is 2.87. The van der Waals surface area contributed by atoms with Gasteiger partial charge >= 0.3 is 0 Å². The first kappa shape index (κ1) is 18.8. The molecule has 0 aliphatic heterocycles. The molecule has 0 aromatic carbocycles. The second kappa shape index (κ2) is 9.01. The predicted octanol–water partition coefficient (Wildman–Crippen LogP) is 2.24. The van der Waals surface area contributed by atoms with Crippen molar-refractivity contribution >= 4 is 11.9 Å². The number of aliphatic imine (C=N–C) groups is 1. The Bertz CT molecular complexity index is 371. The molecule has 1 aliphatic rings. The van der Waals surface area contributed by atoms with E-state index in [1.807, 2.05) is 0 Å². The predicted molar refractivity (Wildman–Crippen MR) is 93.0 cm³/mol. The van der Waals surface area contributed by atoms with Gasteiger partial charge in [-0.05, 0) is 30.6 Å². The van der Waals surface area contributed by atoms with Crippen LogP contribution in [-0.4, -0.2) is 50.5 Å². The molecule has 1 saturated carbocycles. The zero-order chi connectivity index (χ0) is 16.6. The van der Waals surface area contributed by atoms with E-state index < -0.39 is 0 Å². The number of carbonyl (C=O) groups is 1. The Morgan fingerprint density at radius 2 is 1.86 bits per heavy atom. The number of nitrogens with one attached hydrogen (secondary N) is 2. The molecule has 5 nitrogen and oxygen atoms in total. The maximum absolute atomic E-state index is 11.7. The summed E-state index contributed by atoms with van der Waals surface area (Å²) < 4.78 is 0. The van der Waals surface area contributed by atoms with E-state index >= 15 is 0 Å². The van der Waals surface area contributed by atoms with Crippen molar-refractivity contribution in [1.29, 1.82) is 0 Å². The molecule has 0 radical (unpaired) electrons. The number of rotatable bonds is 7. The summed E-state index contributed by atoms with van der Waals surface area (Å²) in [4.78, 5) is 17.7. The molecule has 2 N–H and O–H groups in total. The van der Waals surface area contributed by atoms with E-state index in [0.29, 0.717) is 0 Å². The first-order valence-electron chi connectivity index (χ1n) is 8.59. The van der Waals surface area contributed by atoms with Gasteiger partial charge in [-0.1, -0.05) is 33.6 Å². The minimum absolute atomic E-state index is 0.0210. The monoisotopic (exact) mass is 310 g/mol. The molecule has 22 heavy (non-hydrogen) atoms. The lowest BCUT2D eigenvalue weighted by atomic mass is 9.78. The topological polar surface area (TPSA) is 56.7 Å². The molecule has 0 saturated heterocycles. The summed E-state index contributed by atoms with van der Waals surface area (Å²) in [6.45, 7) is 8.74. The number of likely N-dealkylation sites (N-methyl/N-ethyl adjacent to an activating group) is 1. The second-order valence-corrected chi connectivity index (χ2v) is 7.20. The van der Waals surface area contributed by atoms with Gasteiger partial charge in [0.25, 0.3) is 0 Å². The smallest absolute Gasteiger partial charge is 0.243 e. The van der Waals surface area contributed by atoms with Gasteiger partial charge in [0.1, 0.15) is 6.54 Å². The van der Waals surface area contributed by atoms with E-state index in [4.69, 9.17) is 0 Å². The molecular weight excluding hydrogens is 276 g/mol. The minimum atomic E-state index is 0.0210. The van der Waals surface area contributed by atoms with Crippen molar-refractivity contribution in [3.8, 4) is 0 Å². The molecule has 1 amide bonds. The molecule has 128 valence electrons. The van der Waals surface area contributed by atoms with Crippen molar-refractivity contribution in [1.82, 2.24) is 15.5 Å². The number of guanidine groups is 1. The molecule has 0 atom stereocenters. The largest absolute Gasteiger partial charge is 0.356 e. The van der Waals surface area contributed by atoms with Crippen LogP contribution in [0.2, 0.25) is 0 Å². The average molecular weight is 310 g/mol. The number of carbonyl (C=O) groups excluding carboxylic acids is 1. The molecule has 1 aliphatic carbocycles. The Kier molecular flexibility index (Phi) is 7.69. The highest BCUT2D eigenvalue weighted by Crippen LogP contribution is 2.38. The van der Waals surface area contributed by atoms with Crippen LogP contribution in [0.3, 0.4) is 0 Å². The lowest BCUT2D eigenvalue weighted by Gasteiger charge is -2.32. The molecule has 0 aromatic heterocycles. The van der Waals surface area contributed by atoms with Crippen molar-refractivity contribution in [2.45, 2.75) is 52.9 Å². The Morgan fingerprint density at radius 1 is 1.23 bits per heavy atom. The quantitative estimate of drug-likeness (QED) is 0.560. The van der Waals surface area contributed by atoms with Crippen LogP contribution >= 0.6 is 0 Å².